The smallest absolute Gasteiger partial charge is 0.186 e. The van der Waals surface area contributed by atoms with Gasteiger partial charge in [0, 0.05) is 6.54 Å². The second kappa shape index (κ2) is 8.79. The molecule has 0 bridgehead atoms. The highest BCUT2D eigenvalue weighted by Gasteiger charge is 1.96. The third-order valence-electron chi connectivity index (χ3n) is 2.85. The van der Waals surface area contributed by atoms with E-state index in [-0.39, 0.29) is 0 Å². The van der Waals surface area contributed by atoms with Crippen molar-refractivity contribution in [2.45, 2.75) is 13.5 Å². The van der Waals surface area contributed by atoms with Crippen LogP contribution in [-0.4, -0.2) is 17.9 Å². The molecule has 0 aromatic heterocycles. The van der Waals surface area contributed by atoms with Crippen molar-refractivity contribution in [2.75, 3.05) is 6.54 Å². The van der Waals surface area contributed by atoms with Crippen LogP contribution in [0.25, 0.3) is 0 Å². The molecule has 2 aromatic carbocycles. The van der Waals surface area contributed by atoms with Crippen LogP contribution in [0, 0.1) is 0 Å². The Balaban J connectivity index is 1.82. The zero-order chi connectivity index (χ0) is 15.6. The molecule has 0 saturated carbocycles. The summed E-state index contributed by atoms with van der Waals surface area (Å²) in [5, 5.41) is 7.54. The van der Waals surface area contributed by atoms with Gasteiger partial charge < -0.3 is 10.1 Å². The summed E-state index contributed by atoms with van der Waals surface area (Å²) in [6, 6.07) is 17.8. The number of hydrogen-bond acceptors (Lipinski definition) is 3. The molecule has 0 spiro atoms. The maximum absolute atomic E-state index is 5.73. The number of rotatable bonds is 6. The number of nitrogens with one attached hydrogen (secondary N) is 2. The van der Waals surface area contributed by atoms with E-state index in [2.05, 4.69) is 15.8 Å². The second-order valence-electron chi connectivity index (χ2n) is 4.57. The number of nitrogens with zero attached hydrogens (tertiary/aromatic N) is 1. The largest absolute Gasteiger partial charge is 0.489 e. The van der Waals surface area contributed by atoms with Crippen molar-refractivity contribution >= 4 is 23.5 Å². The Bertz CT molecular complexity index is 612. The lowest BCUT2D eigenvalue weighted by molar-refractivity contribution is 0.306. The standard InChI is InChI=1S/C17H19N3OS/c1-2-18-17(22)20-19-12-14-8-10-16(11-9-14)21-13-15-6-4-3-5-7-15/h3-12H,2,13H2,1H3,(H2,18,20,22)/b19-12-. The SMILES string of the molecule is CCNC(=S)N/N=C\c1ccc(OCc2ccccc2)cc1. The van der Waals surface area contributed by atoms with E-state index < -0.39 is 0 Å². The third-order valence-corrected chi connectivity index (χ3v) is 3.08. The first-order chi connectivity index (χ1) is 10.8. The van der Waals surface area contributed by atoms with Gasteiger partial charge in [-0.25, -0.2) is 0 Å². The fourth-order valence-corrected chi connectivity index (χ4v) is 1.95. The molecular weight excluding hydrogens is 294 g/mol. The van der Waals surface area contributed by atoms with Crippen molar-refractivity contribution in [3.05, 3.63) is 65.7 Å². The number of ether oxygens (including phenoxy) is 1. The average Bonchev–Trinajstić information content (AvgIpc) is 2.55. The molecule has 0 radical (unpaired) electrons. The molecule has 2 aromatic rings. The normalized spacial score (nSPS) is 10.4. The van der Waals surface area contributed by atoms with Gasteiger partial charge in [-0.1, -0.05) is 30.3 Å². The van der Waals surface area contributed by atoms with E-state index in [1.54, 1.807) is 6.21 Å². The second-order valence-corrected chi connectivity index (χ2v) is 4.98. The van der Waals surface area contributed by atoms with Crippen molar-refractivity contribution in [1.82, 2.24) is 10.7 Å². The summed E-state index contributed by atoms with van der Waals surface area (Å²) in [6.07, 6.45) is 1.71. The van der Waals surface area contributed by atoms with Crippen LogP contribution in [0.5, 0.6) is 5.75 Å². The van der Waals surface area contributed by atoms with Gasteiger partial charge >= 0.3 is 0 Å². The van der Waals surface area contributed by atoms with Gasteiger partial charge in [0.25, 0.3) is 0 Å². The Morgan fingerprint density at radius 2 is 1.86 bits per heavy atom. The molecule has 0 amide bonds. The first-order valence-corrected chi connectivity index (χ1v) is 7.52. The molecule has 0 aliphatic carbocycles. The Kier molecular flexibility index (Phi) is 6.39. The van der Waals surface area contributed by atoms with Crippen LogP contribution in [0.3, 0.4) is 0 Å². The van der Waals surface area contributed by atoms with Crippen molar-refractivity contribution in [2.24, 2.45) is 5.10 Å². The molecule has 0 atom stereocenters. The van der Waals surface area contributed by atoms with Crippen LogP contribution < -0.4 is 15.5 Å². The number of benzene rings is 2. The molecule has 4 nitrogen and oxygen atoms in total. The van der Waals surface area contributed by atoms with Crippen molar-refractivity contribution in [1.29, 1.82) is 0 Å². The molecular formula is C17H19N3OS. The first kappa shape index (κ1) is 16.0. The van der Waals surface area contributed by atoms with Gasteiger partial charge in [-0.05, 0) is 54.5 Å². The molecule has 0 aliphatic heterocycles. The third kappa shape index (κ3) is 5.54. The molecule has 2 N–H and O–H groups in total. The molecule has 0 aliphatic rings. The molecule has 0 saturated heterocycles. The Labute approximate surface area is 136 Å². The minimum atomic E-state index is 0.515. The minimum Gasteiger partial charge on any atom is -0.489 e. The quantitative estimate of drug-likeness (QED) is 0.489. The van der Waals surface area contributed by atoms with Crippen LogP contribution in [0.4, 0.5) is 0 Å². The van der Waals surface area contributed by atoms with Crippen LogP contribution in [0.15, 0.2) is 59.7 Å². The van der Waals surface area contributed by atoms with Crippen molar-refractivity contribution in [3.8, 4) is 5.75 Å². The van der Waals surface area contributed by atoms with E-state index in [0.717, 1.165) is 23.4 Å². The first-order valence-electron chi connectivity index (χ1n) is 7.11. The Hall–Kier alpha value is -2.40. The monoisotopic (exact) mass is 313 g/mol. The zero-order valence-corrected chi connectivity index (χ0v) is 13.3. The Morgan fingerprint density at radius 3 is 2.55 bits per heavy atom. The molecule has 5 heteroatoms. The van der Waals surface area contributed by atoms with Gasteiger partial charge in [0.2, 0.25) is 0 Å². The molecule has 114 valence electrons. The summed E-state index contributed by atoms with van der Waals surface area (Å²) < 4.78 is 5.73. The molecule has 0 heterocycles. The number of hydrogen-bond donors (Lipinski definition) is 2. The molecule has 0 unspecified atom stereocenters. The van der Waals surface area contributed by atoms with Crippen molar-refractivity contribution < 1.29 is 4.74 Å². The van der Waals surface area contributed by atoms with Crippen LogP contribution in [0.2, 0.25) is 0 Å². The lowest BCUT2D eigenvalue weighted by Crippen LogP contribution is -2.31. The van der Waals surface area contributed by atoms with Gasteiger partial charge in [-0.2, -0.15) is 5.10 Å². The van der Waals surface area contributed by atoms with E-state index in [1.165, 1.54) is 0 Å². The fraction of sp³-hybridized carbons (Fsp3) is 0.176. The van der Waals surface area contributed by atoms with E-state index in [4.69, 9.17) is 17.0 Å². The Morgan fingerprint density at radius 1 is 1.14 bits per heavy atom. The summed E-state index contributed by atoms with van der Waals surface area (Å²) in [6.45, 7) is 3.31. The zero-order valence-electron chi connectivity index (χ0n) is 12.5. The number of thiocarbonyl (C=S) groups is 1. The van der Waals surface area contributed by atoms with E-state index in [9.17, 15) is 0 Å². The van der Waals surface area contributed by atoms with Gasteiger partial charge in [-0.15, -0.1) is 0 Å². The summed E-state index contributed by atoms with van der Waals surface area (Å²) >= 11 is 5.01. The minimum absolute atomic E-state index is 0.515. The highest BCUT2D eigenvalue weighted by Crippen LogP contribution is 2.13. The number of hydrazone groups is 1. The van der Waals surface area contributed by atoms with Crippen LogP contribution in [0.1, 0.15) is 18.1 Å². The highest BCUT2D eigenvalue weighted by molar-refractivity contribution is 7.80. The predicted octanol–water partition coefficient (Wildman–Crippen LogP) is 3.08. The summed E-state index contributed by atoms with van der Waals surface area (Å²) in [5.74, 6) is 0.831. The van der Waals surface area contributed by atoms with Gasteiger partial charge in [-0.3, -0.25) is 5.43 Å². The van der Waals surface area contributed by atoms with Gasteiger partial charge in [0.05, 0.1) is 6.21 Å². The van der Waals surface area contributed by atoms with Crippen LogP contribution >= 0.6 is 12.2 Å². The molecule has 0 fully saturated rings. The summed E-state index contributed by atoms with van der Waals surface area (Å²) in [7, 11) is 0. The van der Waals surface area contributed by atoms with E-state index in [0.29, 0.717) is 11.7 Å². The van der Waals surface area contributed by atoms with Gasteiger partial charge in [0.15, 0.2) is 5.11 Å². The molecule has 2 rings (SSSR count). The lowest BCUT2D eigenvalue weighted by Gasteiger charge is -2.06. The average molecular weight is 313 g/mol. The highest BCUT2D eigenvalue weighted by atomic mass is 32.1. The summed E-state index contributed by atoms with van der Waals surface area (Å²) in [4.78, 5) is 0. The lowest BCUT2D eigenvalue weighted by atomic mass is 10.2. The predicted molar refractivity (Wildman–Crippen MR) is 94.2 cm³/mol. The van der Waals surface area contributed by atoms with Crippen molar-refractivity contribution in [3.63, 3.8) is 0 Å². The van der Waals surface area contributed by atoms with E-state index in [1.807, 2.05) is 61.5 Å². The molecule has 22 heavy (non-hydrogen) atoms. The van der Waals surface area contributed by atoms with E-state index >= 15 is 0 Å². The maximum atomic E-state index is 5.73. The topological polar surface area (TPSA) is 45.7 Å². The maximum Gasteiger partial charge on any atom is 0.186 e. The van der Waals surface area contributed by atoms with Gasteiger partial charge in [0.1, 0.15) is 12.4 Å². The summed E-state index contributed by atoms with van der Waals surface area (Å²) in [5.41, 5.74) is 4.87. The van der Waals surface area contributed by atoms with Crippen LogP contribution in [-0.2, 0) is 6.61 Å². The fourth-order valence-electron chi connectivity index (χ4n) is 1.76.